The molecule has 1 unspecified atom stereocenters. The maximum Gasteiger partial charge on any atom is 0.243 e. The molecule has 1 aliphatic heterocycles. The van der Waals surface area contributed by atoms with Crippen molar-refractivity contribution in [1.82, 2.24) is 18.8 Å². The summed E-state index contributed by atoms with van der Waals surface area (Å²) in [4.78, 5) is 7.33. The van der Waals surface area contributed by atoms with Crippen LogP contribution in [0.4, 0.5) is 0 Å². The second kappa shape index (κ2) is 9.49. The fourth-order valence-corrected chi connectivity index (χ4v) is 5.64. The second-order valence-electron chi connectivity index (χ2n) is 8.08. The Morgan fingerprint density at radius 3 is 2.50 bits per heavy atom. The average molecular weight is 477 g/mol. The van der Waals surface area contributed by atoms with E-state index in [1.54, 1.807) is 12.1 Å². The third kappa shape index (κ3) is 4.56. The van der Waals surface area contributed by atoms with Crippen LogP contribution in [0.25, 0.3) is 11.0 Å². The number of hydrogen-bond donors (Lipinski definition) is 0. The molecule has 0 bridgehead atoms. The smallest absolute Gasteiger partial charge is 0.243 e. The van der Waals surface area contributed by atoms with Crippen LogP contribution in [0, 0.1) is 0 Å². The van der Waals surface area contributed by atoms with Gasteiger partial charge in [-0.15, -0.1) is 0 Å². The molecule has 3 aromatic rings. The molecular weight excluding hydrogens is 448 g/mol. The Hall–Kier alpha value is -1.97. The highest BCUT2D eigenvalue weighted by Gasteiger charge is 2.27. The van der Waals surface area contributed by atoms with Crippen molar-refractivity contribution in [3.8, 4) is 0 Å². The zero-order valence-electron chi connectivity index (χ0n) is 18.7. The van der Waals surface area contributed by atoms with E-state index in [-0.39, 0.29) is 10.9 Å². The summed E-state index contributed by atoms with van der Waals surface area (Å²) in [5, 5.41) is 0.721. The number of aryl methyl sites for hydroxylation is 1. The molecule has 1 aliphatic rings. The topological polar surface area (TPSA) is 67.7 Å². The van der Waals surface area contributed by atoms with Gasteiger partial charge in [-0.25, -0.2) is 13.4 Å². The first kappa shape index (κ1) is 23.2. The number of ether oxygens (including phenoxy) is 1. The summed E-state index contributed by atoms with van der Waals surface area (Å²) in [7, 11) is -1.49. The molecule has 0 saturated carbocycles. The third-order valence-corrected chi connectivity index (χ3v) is 8.27. The number of morpholine rings is 1. The molecule has 4 rings (SSSR count). The minimum atomic E-state index is -3.56. The number of benzene rings is 2. The summed E-state index contributed by atoms with van der Waals surface area (Å²) in [6.45, 7) is 7.22. The maximum absolute atomic E-state index is 13.1. The molecule has 7 nitrogen and oxygen atoms in total. The molecule has 2 heterocycles. The summed E-state index contributed by atoms with van der Waals surface area (Å²) in [5.74, 6) is 0.909. The van der Waals surface area contributed by atoms with Crippen molar-refractivity contribution < 1.29 is 13.2 Å². The fraction of sp³-hybridized carbons (Fsp3) is 0.435. The molecule has 1 saturated heterocycles. The van der Waals surface area contributed by atoms with Gasteiger partial charge in [0.05, 0.1) is 35.7 Å². The van der Waals surface area contributed by atoms with Gasteiger partial charge in [0.1, 0.15) is 5.82 Å². The Morgan fingerprint density at radius 2 is 1.84 bits per heavy atom. The van der Waals surface area contributed by atoms with Crippen molar-refractivity contribution in [1.29, 1.82) is 0 Å². The van der Waals surface area contributed by atoms with Gasteiger partial charge < -0.3 is 9.30 Å². The van der Waals surface area contributed by atoms with Crippen LogP contribution in [-0.2, 0) is 27.8 Å². The standard InChI is InChI=1S/C23H29ClN4O3S/c1-4-28-22-10-9-20(32(29,30)27-11-13-31-14-12-27)15-21(22)25-23(28)16-26(3)17(2)18-5-7-19(24)8-6-18/h5-10,15,17H,4,11-14,16H2,1-3H3. The molecule has 0 amide bonds. The first-order valence-corrected chi connectivity index (χ1v) is 12.7. The lowest BCUT2D eigenvalue weighted by Gasteiger charge is -2.26. The van der Waals surface area contributed by atoms with E-state index >= 15 is 0 Å². The molecule has 0 N–H and O–H groups in total. The van der Waals surface area contributed by atoms with Crippen molar-refractivity contribution in [3.05, 3.63) is 58.9 Å². The molecular formula is C23H29ClN4O3S. The van der Waals surface area contributed by atoms with Gasteiger partial charge in [0.15, 0.2) is 0 Å². The maximum atomic E-state index is 13.1. The number of sulfonamides is 1. The van der Waals surface area contributed by atoms with Gasteiger partial charge in [-0.2, -0.15) is 4.31 Å². The van der Waals surface area contributed by atoms with Crippen LogP contribution in [0.5, 0.6) is 0 Å². The molecule has 1 fully saturated rings. The van der Waals surface area contributed by atoms with E-state index in [4.69, 9.17) is 21.3 Å². The van der Waals surface area contributed by atoms with E-state index < -0.39 is 10.0 Å². The van der Waals surface area contributed by atoms with E-state index in [0.29, 0.717) is 38.4 Å². The number of hydrogen-bond acceptors (Lipinski definition) is 5. The largest absolute Gasteiger partial charge is 0.379 e. The van der Waals surface area contributed by atoms with Crippen LogP contribution in [0.2, 0.25) is 5.02 Å². The zero-order valence-corrected chi connectivity index (χ0v) is 20.2. The lowest BCUT2D eigenvalue weighted by atomic mass is 10.1. The van der Waals surface area contributed by atoms with E-state index in [2.05, 4.69) is 30.4 Å². The highest BCUT2D eigenvalue weighted by molar-refractivity contribution is 7.89. The number of aromatic nitrogens is 2. The van der Waals surface area contributed by atoms with E-state index in [0.717, 1.165) is 22.9 Å². The highest BCUT2D eigenvalue weighted by atomic mass is 35.5. The summed E-state index contributed by atoms with van der Waals surface area (Å²) >= 11 is 6.03. The number of halogens is 1. The third-order valence-electron chi connectivity index (χ3n) is 6.13. The Bertz CT molecular complexity index is 1190. The number of imidazole rings is 1. The van der Waals surface area contributed by atoms with Crippen molar-refractivity contribution in [2.45, 2.75) is 37.9 Å². The molecule has 0 radical (unpaired) electrons. The summed E-state index contributed by atoms with van der Waals surface area (Å²) in [6, 6.07) is 13.3. The summed E-state index contributed by atoms with van der Waals surface area (Å²) < 4.78 is 35.0. The normalized spacial score (nSPS) is 16.7. The molecule has 9 heteroatoms. The predicted octanol–water partition coefficient (Wildman–Crippen LogP) is 3.92. The zero-order chi connectivity index (χ0) is 22.9. The van der Waals surface area contributed by atoms with Crippen molar-refractivity contribution in [3.63, 3.8) is 0 Å². The minimum absolute atomic E-state index is 0.176. The monoisotopic (exact) mass is 476 g/mol. The highest BCUT2D eigenvalue weighted by Crippen LogP contribution is 2.26. The second-order valence-corrected chi connectivity index (χ2v) is 10.5. The van der Waals surface area contributed by atoms with Gasteiger partial charge in [-0.1, -0.05) is 23.7 Å². The quantitative estimate of drug-likeness (QED) is 0.517. The molecule has 172 valence electrons. The Morgan fingerprint density at radius 1 is 1.16 bits per heavy atom. The molecule has 1 atom stereocenters. The van der Waals surface area contributed by atoms with Gasteiger partial charge in [0.2, 0.25) is 10.0 Å². The van der Waals surface area contributed by atoms with Gasteiger partial charge in [-0.3, -0.25) is 4.90 Å². The molecule has 1 aromatic heterocycles. The molecule has 0 spiro atoms. The fourth-order valence-electron chi connectivity index (χ4n) is 4.09. The minimum Gasteiger partial charge on any atom is -0.379 e. The summed E-state index contributed by atoms with van der Waals surface area (Å²) in [5.41, 5.74) is 2.81. The lowest BCUT2D eigenvalue weighted by molar-refractivity contribution is 0.0730. The van der Waals surface area contributed by atoms with E-state index in [1.165, 1.54) is 9.87 Å². The van der Waals surface area contributed by atoms with Crippen molar-refractivity contribution in [2.24, 2.45) is 0 Å². The SMILES string of the molecule is CCn1c(CN(C)C(C)c2ccc(Cl)cc2)nc2cc(S(=O)(=O)N3CCOCC3)ccc21. The predicted molar refractivity (Wildman–Crippen MR) is 126 cm³/mol. The Kier molecular flexibility index (Phi) is 6.88. The van der Waals surface area contributed by atoms with E-state index in [1.807, 2.05) is 30.3 Å². The first-order chi connectivity index (χ1) is 15.3. The number of rotatable bonds is 7. The Labute approximate surface area is 194 Å². The molecule has 32 heavy (non-hydrogen) atoms. The van der Waals surface area contributed by atoms with Crippen LogP contribution in [0.1, 0.15) is 31.3 Å². The first-order valence-electron chi connectivity index (χ1n) is 10.8. The number of nitrogens with zero attached hydrogens (tertiary/aromatic N) is 4. The molecule has 2 aromatic carbocycles. The van der Waals surface area contributed by atoms with Gasteiger partial charge in [0, 0.05) is 30.7 Å². The van der Waals surface area contributed by atoms with E-state index in [9.17, 15) is 8.42 Å². The Balaban J connectivity index is 1.61. The molecule has 0 aliphatic carbocycles. The van der Waals surface area contributed by atoms with Crippen molar-refractivity contribution >= 4 is 32.7 Å². The van der Waals surface area contributed by atoms with Crippen LogP contribution >= 0.6 is 11.6 Å². The lowest BCUT2D eigenvalue weighted by Crippen LogP contribution is -2.40. The number of fused-ring (bicyclic) bond motifs is 1. The van der Waals surface area contributed by atoms with Gasteiger partial charge in [-0.05, 0) is 56.8 Å². The van der Waals surface area contributed by atoms with Gasteiger partial charge >= 0.3 is 0 Å². The average Bonchev–Trinajstić information content (AvgIpc) is 3.15. The van der Waals surface area contributed by atoms with Crippen LogP contribution in [0.3, 0.4) is 0 Å². The van der Waals surface area contributed by atoms with Crippen LogP contribution in [0.15, 0.2) is 47.4 Å². The van der Waals surface area contributed by atoms with Gasteiger partial charge in [0.25, 0.3) is 0 Å². The summed E-state index contributed by atoms with van der Waals surface area (Å²) in [6.07, 6.45) is 0. The van der Waals surface area contributed by atoms with Crippen molar-refractivity contribution in [2.75, 3.05) is 33.4 Å². The van der Waals surface area contributed by atoms with Crippen LogP contribution in [-0.4, -0.2) is 60.5 Å². The van der Waals surface area contributed by atoms with Crippen LogP contribution < -0.4 is 0 Å².